The van der Waals surface area contributed by atoms with E-state index in [1.54, 1.807) is 30.3 Å². The molecular weight excluding hydrogens is 369 g/mol. The number of benzene rings is 1. The van der Waals surface area contributed by atoms with Gasteiger partial charge in [-0.25, -0.2) is 4.68 Å². The molecule has 0 saturated heterocycles. The molecule has 2 aromatic rings. The summed E-state index contributed by atoms with van der Waals surface area (Å²) in [6.07, 6.45) is 1.95. The number of rotatable bonds is 7. The molecule has 3 rings (SSSR count). The summed E-state index contributed by atoms with van der Waals surface area (Å²) >= 11 is 0. The van der Waals surface area contributed by atoms with Crippen LogP contribution in [0.1, 0.15) is 49.3 Å². The summed E-state index contributed by atoms with van der Waals surface area (Å²) in [5.41, 5.74) is -0.427. The van der Waals surface area contributed by atoms with Crippen molar-refractivity contribution in [2.75, 3.05) is 18.9 Å². The van der Waals surface area contributed by atoms with E-state index >= 15 is 0 Å². The predicted octanol–water partition coefficient (Wildman–Crippen LogP) is 4.48. The Morgan fingerprint density at radius 1 is 1.25 bits per heavy atom. The number of hydrogen-bond acceptors (Lipinski definition) is 3. The molecule has 0 bridgehead atoms. The molecule has 1 fully saturated rings. The number of carbonyl (C=O) groups is 1. The Morgan fingerprint density at radius 3 is 2.68 bits per heavy atom. The van der Waals surface area contributed by atoms with Crippen molar-refractivity contribution in [3.8, 4) is 0 Å². The summed E-state index contributed by atoms with van der Waals surface area (Å²) in [5.74, 6) is 0.512. The van der Waals surface area contributed by atoms with Gasteiger partial charge in [0.25, 0.3) is 0 Å². The molecule has 1 aromatic carbocycles. The topological polar surface area (TPSA) is 50.2 Å². The fourth-order valence-corrected chi connectivity index (χ4v) is 3.66. The molecule has 1 aliphatic rings. The van der Waals surface area contributed by atoms with Crippen molar-refractivity contribution in [1.29, 1.82) is 0 Å². The average molecular weight is 394 g/mol. The van der Waals surface area contributed by atoms with Crippen molar-refractivity contribution in [1.82, 2.24) is 14.7 Å². The number of nitrogens with zero attached hydrogens (tertiary/aromatic N) is 3. The highest BCUT2D eigenvalue weighted by atomic mass is 19.4. The second-order valence-corrected chi connectivity index (χ2v) is 7.29. The minimum absolute atomic E-state index is 0.128. The number of hydrogen-bond donors (Lipinski definition) is 1. The van der Waals surface area contributed by atoms with Crippen LogP contribution in [0.25, 0.3) is 0 Å². The monoisotopic (exact) mass is 394 g/mol. The number of anilines is 1. The largest absolute Gasteiger partial charge is 0.416 e. The maximum absolute atomic E-state index is 13.1. The van der Waals surface area contributed by atoms with E-state index in [9.17, 15) is 18.0 Å². The third-order valence-corrected chi connectivity index (χ3v) is 5.09. The van der Waals surface area contributed by atoms with Crippen LogP contribution in [-0.4, -0.2) is 34.2 Å². The summed E-state index contributed by atoms with van der Waals surface area (Å²) in [7, 11) is 1.71. The van der Waals surface area contributed by atoms with Gasteiger partial charge in [-0.3, -0.25) is 4.79 Å². The third-order valence-electron chi connectivity index (χ3n) is 5.09. The molecule has 1 saturated carbocycles. The normalized spacial score (nSPS) is 15.3. The maximum Gasteiger partial charge on any atom is 0.416 e. The SMILES string of the molecule is CN(CCC(=O)Nc1ccnn1C1CCCC1)Cc1ccccc1C(F)(F)F. The van der Waals surface area contributed by atoms with Gasteiger partial charge in [-0.15, -0.1) is 0 Å². The molecule has 1 aliphatic carbocycles. The molecule has 1 amide bonds. The summed E-state index contributed by atoms with van der Waals surface area (Å²) in [4.78, 5) is 14.0. The highest BCUT2D eigenvalue weighted by Crippen LogP contribution is 2.32. The maximum atomic E-state index is 13.1. The first kappa shape index (κ1) is 20.4. The van der Waals surface area contributed by atoms with Gasteiger partial charge in [0.05, 0.1) is 17.8 Å². The molecule has 0 radical (unpaired) electrons. The molecule has 0 unspecified atom stereocenters. The van der Waals surface area contributed by atoms with Crippen molar-refractivity contribution in [2.24, 2.45) is 0 Å². The first-order valence-corrected chi connectivity index (χ1v) is 9.51. The van der Waals surface area contributed by atoms with Crippen LogP contribution in [0.2, 0.25) is 0 Å². The molecule has 0 atom stereocenters. The lowest BCUT2D eigenvalue weighted by Gasteiger charge is -2.20. The van der Waals surface area contributed by atoms with Crippen LogP contribution in [0.4, 0.5) is 19.0 Å². The number of carbonyl (C=O) groups excluding carboxylic acids is 1. The van der Waals surface area contributed by atoms with Gasteiger partial charge in [0.15, 0.2) is 0 Å². The number of aromatic nitrogens is 2. The summed E-state index contributed by atoms with van der Waals surface area (Å²) in [6, 6.07) is 7.63. The first-order chi connectivity index (χ1) is 13.3. The van der Waals surface area contributed by atoms with Gasteiger partial charge >= 0.3 is 6.18 Å². The van der Waals surface area contributed by atoms with E-state index in [0.29, 0.717) is 18.4 Å². The number of alkyl halides is 3. The lowest BCUT2D eigenvalue weighted by Crippen LogP contribution is -2.26. The molecule has 152 valence electrons. The lowest BCUT2D eigenvalue weighted by molar-refractivity contribution is -0.138. The standard InChI is InChI=1S/C20H25F3N4O/c1-26(14-15-6-2-5-9-17(15)20(21,22)23)13-11-19(28)25-18-10-12-24-27(18)16-7-3-4-8-16/h2,5-6,9-10,12,16H,3-4,7-8,11,13-14H2,1H3,(H,25,28). The van der Waals surface area contributed by atoms with Crippen molar-refractivity contribution >= 4 is 11.7 Å². The summed E-state index contributed by atoms with van der Waals surface area (Å²) < 4.78 is 41.2. The molecule has 0 spiro atoms. The molecular formula is C20H25F3N4O. The zero-order chi connectivity index (χ0) is 20.1. The van der Waals surface area contributed by atoms with E-state index in [-0.39, 0.29) is 24.4 Å². The second kappa shape index (κ2) is 8.77. The average Bonchev–Trinajstić information content (AvgIpc) is 3.31. The van der Waals surface area contributed by atoms with Crippen LogP contribution in [0, 0.1) is 0 Å². The molecule has 8 heteroatoms. The van der Waals surface area contributed by atoms with Crippen LogP contribution in [-0.2, 0) is 17.5 Å². The molecule has 0 aliphatic heterocycles. The zero-order valence-corrected chi connectivity index (χ0v) is 15.9. The third kappa shape index (κ3) is 5.13. The molecule has 1 N–H and O–H groups in total. The summed E-state index contributed by atoms with van der Waals surface area (Å²) in [6.45, 7) is 0.485. The Bertz CT molecular complexity index is 797. The Morgan fingerprint density at radius 2 is 1.96 bits per heavy atom. The van der Waals surface area contributed by atoms with E-state index < -0.39 is 11.7 Å². The Kier molecular flexibility index (Phi) is 6.39. The van der Waals surface area contributed by atoms with Crippen molar-refractivity contribution in [2.45, 2.75) is 50.9 Å². The lowest BCUT2D eigenvalue weighted by atomic mass is 10.1. The number of halogens is 3. The Labute approximate surface area is 162 Å². The molecule has 28 heavy (non-hydrogen) atoms. The van der Waals surface area contributed by atoms with Gasteiger partial charge in [0, 0.05) is 25.6 Å². The highest BCUT2D eigenvalue weighted by molar-refractivity contribution is 5.89. The Hall–Kier alpha value is -2.35. The minimum Gasteiger partial charge on any atom is -0.311 e. The van der Waals surface area contributed by atoms with Crippen LogP contribution in [0.3, 0.4) is 0 Å². The minimum atomic E-state index is -4.38. The predicted molar refractivity (Wildman–Crippen MR) is 101 cm³/mol. The highest BCUT2D eigenvalue weighted by Gasteiger charge is 2.33. The Balaban J connectivity index is 1.52. The van der Waals surface area contributed by atoms with Crippen LogP contribution in [0.15, 0.2) is 36.5 Å². The van der Waals surface area contributed by atoms with Gasteiger partial charge in [-0.1, -0.05) is 31.0 Å². The fourth-order valence-electron chi connectivity index (χ4n) is 3.66. The van der Waals surface area contributed by atoms with Gasteiger partial charge in [0.1, 0.15) is 5.82 Å². The van der Waals surface area contributed by atoms with Gasteiger partial charge in [-0.05, 0) is 31.5 Å². The fraction of sp³-hybridized carbons (Fsp3) is 0.500. The number of amides is 1. The van der Waals surface area contributed by atoms with E-state index in [2.05, 4.69) is 10.4 Å². The zero-order valence-electron chi connectivity index (χ0n) is 15.9. The van der Waals surface area contributed by atoms with E-state index in [4.69, 9.17) is 0 Å². The summed E-state index contributed by atoms with van der Waals surface area (Å²) in [5, 5.41) is 7.20. The van der Waals surface area contributed by atoms with Gasteiger partial charge < -0.3 is 10.2 Å². The number of nitrogens with one attached hydrogen (secondary N) is 1. The van der Waals surface area contributed by atoms with Gasteiger partial charge in [0.2, 0.25) is 5.91 Å². The second-order valence-electron chi connectivity index (χ2n) is 7.29. The van der Waals surface area contributed by atoms with E-state index in [1.165, 1.54) is 25.0 Å². The smallest absolute Gasteiger partial charge is 0.311 e. The molecule has 1 heterocycles. The first-order valence-electron chi connectivity index (χ1n) is 9.51. The van der Waals surface area contributed by atoms with Crippen LogP contribution >= 0.6 is 0 Å². The van der Waals surface area contributed by atoms with E-state index in [1.807, 2.05) is 4.68 Å². The van der Waals surface area contributed by atoms with Crippen LogP contribution in [0.5, 0.6) is 0 Å². The van der Waals surface area contributed by atoms with Crippen molar-refractivity contribution in [3.63, 3.8) is 0 Å². The quantitative estimate of drug-likeness (QED) is 0.753. The van der Waals surface area contributed by atoms with Crippen molar-refractivity contribution in [3.05, 3.63) is 47.7 Å². The van der Waals surface area contributed by atoms with E-state index in [0.717, 1.165) is 18.9 Å². The van der Waals surface area contributed by atoms with Crippen molar-refractivity contribution < 1.29 is 18.0 Å². The van der Waals surface area contributed by atoms with Gasteiger partial charge in [-0.2, -0.15) is 18.3 Å². The molecule has 1 aromatic heterocycles. The van der Waals surface area contributed by atoms with Crippen LogP contribution < -0.4 is 5.32 Å². The molecule has 5 nitrogen and oxygen atoms in total.